The average Bonchev–Trinajstić information content (AvgIpc) is 2.76. The maximum Gasteiger partial charge on any atom is 0.126 e. The van der Waals surface area contributed by atoms with Crippen LogP contribution in [0.5, 0.6) is 0 Å². The van der Waals surface area contributed by atoms with Gasteiger partial charge in [0.15, 0.2) is 0 Å². The summed E-state index contributed by atoms with van der Waals surface area (Å²) in [7, 11) is 1.92. The van der Waals surface area contributed by atoms with E-state index in [0.29, 0.717) is 6.54 Å². The zero-order chi connectivity index (χ0) is 11.5. The summed E-state index contributed by atoms with van der Waals surface area (Å²) in [5.41, 5.74) is 2.35. The molecule has 1 N–H and O–H groups in total. The largest absolute Gasteiger partial charge is 0.462 e. The first-order chi connectivity index (χ1) is 7.69. The highest BCUT2D eigenvalue weighted by atomic mass is 16.3. The second-order valence-electron chi connectivity index (χ2n) is 4.06. The summed E-state index contributed by atoms with van der Waals surface area (Å²) in [5, 5.41) is 7.33. The smallest absolute Gasteiger partial charge is 0.126 e. The van der Waals surface area contributed by atoms with Crippen molar-refractivity contribution in [1.82, 2.24) is 15.1 Å². The molecule has 0 amide bonds. The molecule has 0 atom stereocenters. The van der Waals surface area contributed by atoms with Crippen LogP contribution in [0.2, 0.25) is 0 Å². The van der Waals surface area contributed by atoms with E-state index in [1.807, 2.05) is 31.0 Å². The molecule has 4 nitrogen and oxygen atoms in total. The fourth-order valence-electron chi connectivity index (χ4n) is 1.72. The van der Waals surface area contributed by atoms with Crippen LogP contribution < -0.4 is 5.32 Å². The van der Waals surface area contributed by atoms with Crippen LogP contribution in [0.1, 0.15) is 22.6 Å². The van der Waals surface area contributed by atoms with Gasteiger partial charge < -0.3 is 9.73 Å². The molecular weight excluding hydrogens is 202 g/mol. The van der Waals surface area contributed by atoms with Crippen molar-refractivity contribution >= 4 is 0 Å². The molecule has 0 saturated carbocycles. The SMILES string of the molecule is CNCc1oc(Cn2cc(C)cn2)cc1C. The van der Waals surface area contributed by atoms with Gasteiger partial charge in [0.2, 0.25) is 0 Å². The molecule has 0 bridgehead atoms. The highest BCUT2D eigenvalue weighted by Crippen LogP contribution is 2.15. The number of hydrogen-bond donors (Lipinski definition) is 1. The van der Waals surface area contributed by atoms with Gasteiger partial charge in [0, 0.05) is 6.20 Å². The van der Waals surface area contributed by atoms with Crippen LogP contribution in [0.4, 0.5) is 0 Å². The van der Waals surface area contributed by atoms with Gasteiger partial charge in [0.05, 0.1) is 19.3 Å². The van der Waals surface area contributed by atoms with Crippen LogP contribution in [0, 0.1) is 13.8 Å². The predicted molar refractivity (Wildman–Crippen MR) is 62.3 cm³/mol. The first-order valence-electron chi connectivity index (χ1n) is 5.41. The van der Waals surface area contributed by atoms with Gasteiger partial charge in [-0.3, -0.25) is 4.68 Å². The Hall–Kier alpha value is -1.55. The van der Waals surface area contributed by atoms with Gasteiger partial charge in [0.25, 0.3) is 0 Å². The molecule has 2 heterocycles. The molecule has 4 heteroatoms. The molecule has 0 spiro atoms. The number of nitrogens with zero attached hydrogens (tertiary/aromatic N) is 2. The lowest BCUT2D eigenvalue weighted by molar-refractivity contribution is 0.435. The first kappa shape index (κ1) is 11.0. The normalized spacial score (nSPS) is 10.9. The monoisotopic (exact) mass is 219 g/mol. The van der Waals surface area contributed by atoms with E-state index in [-0.39, 0.29) is 0 Å². The summed E-state index contributed by atoms with van der Waals surface area (Å²) >= 11 is 0. The third kappa shape index (κ3) is 2.33. The number of furan rings is 1. The Labute approximate surface area is 95.3 Å². The molecule has 2 aromatic rings. The van der Waals surface area contributed by atoms with E-state index in [4.69, 9.17) is 4.42 Å². The van der Waals surface area contributed by atoms with Crippen molar-refractivity contribution in [2.24, 2.45) is 0 Å². The maximum absolute atomic E-state index is 5.74. The summed E-state index contributed by atoms with van der Waals surface area (Å²) < 4.78 is 7.63. The number of rotatable bonds is 4. The van der Waals surface area contributed by atoms with Crippen LogP contribution in [-0.4, -0.2) is 16.8 Å². The average molecular weight is 219 g/mol. The van der Waals surface area contributed by atoms with E-state index < -0.39 is 0 Å². The van der Waals surface area contributed by atoms with Crippen molar-refractivity contribution in [3.63, 3.8) is 0 Å². The van der Waals surface area contributed by atoms with Gasteiger partial charge in [-0.05, 0) is 38.1 Å². The molecule has 0 unspecified atom stereocenters. The Kier molecular flexibility index (Phi) is 3.10. The van der Waals surface area contributed by atoms with Crippen molar-refractivity contribution in [1.29, 1.82) is 0 Å². The van der Waals surface area contributed by atoms with E-state index in [1.54, 1.807) is 0 Å². The van der Waals surface area contributed by atoms with Crippen molar-refractivity contribution < 1.29 is 4.42 Å². The van der Waals surface area contributed by atoms with E-state index in [9.17, 15) is 0 Å². The highest BCUT2D eigenvalue weighted by molar-refractivity contribution is 5.20. The fraction of sp³-hybridized carbons (Fsp3) is 0.417. The van der Waals surface area contributed by atoms with Crippen molar-refractivity contribution in [3.8, 4) is 0 Å². The van der Waals surface area contributed by atoms with Gasteiger partial charge >= 0.3 is 0 Å². The van der Waals surface area contributed by atoms with Crippen LogP contribution in [0.15, 0.2) is 22.9 Å². The standard InChI is InChI=1S/C12H17N3O/c1-9-5-14-15(7-9)8-11-4-10(2)12(16-11)6-13-3/h4-5,7,13H,6,8H2,1-3H3. The minimum Gasteiger partial charge on any atom is -0.462 e. The van der Waals surface area contributed by atoms with Gasteiger partial charge in [0.1, 0.15) is 11.5 Å². The van der Waals surface area contributed by atoms with Crippen molar-refractivity contribution in [3.05, 3.63) is 41.1 Å². The Morgan fingerprint density at radius 1 is 1.44 bits per heavy atom. The Morgan fingerprint density at radius 2 is 2.25 bits per heavy atom. The number of nitrogens with one attached hydrogen (secondary N) is 1. The lowest BCUT2D eigenvalue weighted by Crippen LogP contribution is -2.04. The zero-order valence-corrected chi connectivity index (χ0v) is 9.95. The maximum atomic E-state index is 5.74. The van der Waals surface area contributed by atoms with Crippen LogP contribution in [-0.2, 0) is 13.1 Å². The molecule has 2 aromatic heterocycles. The Bertz CT molecular complexity index is 470. The predicted octanol–water partition coefficient (Wildman–Crippen LogP) is 1.86. The summed E-state index contributed by atoms with van der Waals surface area (Å²) in [5.74, 6) is 1.95. The third-order valence-electron chi connectivity index (χ3n) is 2.49. The lowest BCUT2D eigenvalue weighted by atomic mass is 10.2. The van der Waals surface area contributed by atoms with Crippen LogP contribution in [0.3, 0.4) is 0 Å². The molecule has 0 radical (unpaired) electrons. The second-order valence-corrected chi connectivity index (χ2v) is 4.06. The first-order valence-corrected chi connectivity index (χ1v) is 5.41. The molecule has 2 rings (SSSR count). The number of aromatic nitrogens is 2. The van der Waals surface area contributed by atoms with Crippen molar-refractivity contribution in [2.75, 3.05) is 7.05 Å². The van der Waals surface area contributed by atoms with Crippen LogP contribution >= 0.6 is 0 Å². The van der Waals surface area contributed by atoms with E-state index in [1.165, 1.54) is 11.1 Å². The molecule has 0 fully saturated rings. The number of hydrogen-bond acceptors (Lipinski definition) is 3. The molecule has 86 valence electrons. The minimum absolute atomic E-state index is 0.693. The van der Waals surface area contributed by atoms with E-state index >= 15 is 0 Å². The zero-order valence-electron chi connectivity index (χ0n) is 9.95. The Balaban J connectivity index is 2.13. The van der Waals surface area contributed by atoms with Gasteiger partial charge in [-0.2, -0.15) is 5.10 Å². The highest BCUT2D eigenvalue weighted by Gasteiger charge is 2.07. The van der Waals surface area contributed by atoms with Crippen molar-refractivity contribution in [2.45, 2.75) is 26.9 Å². The molecule has 0 aliphatic rings. The fourth-order valence-corrected chi connectivity index (χ4v) is 1.72. The second kappa shape index (κ2) is 4.53. The lowest BCUT2D eigenvalue weighted by Gasteiger charge is -1.98. The third-order valence-corrected chi connectivity index (χ3v) is 2.49. The molecule has 0 saturated heterocycles. The quantitative estimate of drug-likeness (QED) is 0.853. The van der Waals surface area contributed by atoms with E-state index in [2.05, 4.69) is 23.4 Å². The van der Waals surface area contributed by atoms with Crippen LogP contribution in [0.25, 0.3) is 0 Å². The van der Waals surface area contributed by atoms with Gasteiger partial charge in [-0.15, -0.1) is 0 Å². The minimum atomic E-state index is 0.693. The summed E-state index contributed by atoms with van der Waals surface area (Å²) in [6, 6.07) is 2.07. The molecule has 0 aliphatic heterocycles. The molecule has 16 heavy (non-hydrogen) atoms. The summed E-state index contributed by atoms with van der Waals surface area (Å²) in [4.78, 5) is 0. The summed E-state index contributed by atoms with van der Waals surface area (Å²) in [6.45, 7) is 5.56. The molecule has 0 aliphatic carbocycles. The van der Waals surface area contributed by atoms with Gasteiger partial charge in [-0.1, -0.05) is 0 Å². The molecular formula is C12H17N3O. The summed E-state index contributed by atoms with van der Waals surface area (Å²) in [6.07, 6.45) is 3.86. The number of aryl methyl sites for hydroxylation is 2. The Morgan fingerprint density at radius 3 is 2.88 bits per heavy atom. The van der Waals surface area contributed by atoms with Gasteiger partial charge in [-0.25, -0.2) is 0 Å². The van der Waals surface area contributed by atoms with E-state index in [0.717, 1.165) is 18.1 Å². The molecule has 0 aromatic carbocycles. The topological polar surface area (TPSA) is 43.0 Å².